The van der Waals surface area contributed by atoms with Crippen LogP contribution in [0.25, 0.3) is 10.9 Å². The first kappa shape index (κ1) is 25.1. The third kappa shape index (κ3) is 4.28. The molecule has 12 heteroatoms. The first-order valence-electron chi connectivity index (χ1n) is 11.8. The summed E-state index contributed by atoms with van der Waals surface area (Å²) in [5.41, 5.74) is 0.959. The first-order chi connectivity index (χ1) is 18.2. The number of hydrogen-bond acceptors (Lipinski definition) is 10. The molecule has 1 fully saturated rings. The SMILES string of the molecule is CC(=O)OC[C@@H]1O[C@H](n2nc(N3C(=O)c4ccccc4C3=O)c3ccccc32)[C@@H](OC(C)=O)[C@@H]1OC(C)=O. The van der Waals surface area contributed by atoms with Crippen molar-refractivity contribution in [2.45, 2.75) is 45.3 Å². The second-order valence-electron chi connectivity index (χ2n) is 8.79. The van der Waals surface area contributed by atoms with Gasteiger partial charge in [-0.1, -0.05) is 24.3 Å². The molecule has 2 aliphatic heterocycles. The van der Waals surface area contributed by atoms with Gasteiger partial charge in [-0.3, -0.25) is 24.0 Å². The van der Waals surface area contributed by atoms with Crippen LogP contribution in [0.5, 0.6) is 0 Å². The van der Waals surface area contributed by atoms with Crippen molar-refractivity contribution in [1.29, 1.82) is 0 Å². The highest BCUT2D eigenvalue weighted by molar-refractivity contribution is 6.35. The average Bonchev–Trinajstić information content (AvgIpc) is 3.48. The molecule has 0 spiro atoms. The summed E-state index contributed by atoms with van der Waals surface area (Å²) >= 11 is 0. The van der Waals surface area contributed by atoms with Crippen molar-refractivity contribution in [3.63, 3.8) is 0 Å². The van der Waals surface area contributed by atoms with Crippen molar-refractivity contribution >= 4 is 46.4 Å². The quantitative estimate of drug-likeness (QED) is 0.269. The number of anilines is 1. The van der Waals surface area contributed by atoms with Crippen molar-refractivity contribution in [3.8, 4) is 0 Å². The molecule has 3 aromatic rings. The van der Waals surface area contributed by atoms with E-state index in [4.69, 9.17) is 18.9 Å². The Hall–Kier alpha value is -4.58. The number of carbonyl (C=O) groups excluding carboxylic acids is 5. The van der Waals surface area contributed by atoms with Crippen molar-refractivity contribution in [1.82, 2.24) is 9.78 Å². The second-order valence-corrected chi connectivity index (χ2v) is 8.79. The third-order valence-electron chi connectivity index (χ3n) is 6.18. The number of imide groups is 1. The molecule has 0 saturated carbocycles. The van der Waals surface area contributed by atoms with E-state index < -0.39 is 54.3 Å². The summed E-state index contributed by atoms with van der Waals surface area (Å²) in [6.45, 7) is 3.30. The standard InChI is InChI=1S/C26H23N3O9/c1-13(30)35-12-20-21(36-14(2)31)22(37-15(3)32)26(38-20)29-19-11-7-6-10-18(19)23(27-29)28-24(33)16-8-4-5-9-17(16)25(28)34/h4-11,20-22,26H,12H2,1-3H3/t20-,21+,22-,26-/m0/s1. The predicted octanol–water partition coefficient (Wildman–Crippen LogP) is 2.16. The van der Waals surface area contributed by atoms with Crippen LogP contribution in [0.1, 0.15) is 47.7 Å². The largest absolute Gasteiger partial charge is 0.463 e. The Balaban J connectivity index is 1.61. The number of hydrogen-bond donors (Lipinski definition) is 0. The fraction of sp³-hybridized carbons (Fsp3) is 0.308. The minimum absolute atomic E-state index is 0.0597. The molecule has 1 aromatic heterocycles. The van der Waals surface area contributed by atoms with E-state index in [2.05, 4.69) is 5.10 Å². The zero-order chi connectivity index (χ0) is 27.1. The minimum atomic E-state index is -1.18. The van der Waals surface area contributed by atoms with E-state index in [1.807, 2.05) is 0 Å². The number of fused-ring (bicyclic) bond motifs is 2. The molecule has 0 aliphatic carbocycles. The maximum Gasteiger partial charge on any atom is 0.303 e. The molecule has 0 bridgehead atoms. The topological polar surface area (TPSA) is 143 Å². The zero-order valence-electron chi connectivity index (χ0n) is 20.7. The van der Waals surface area contributed by atoms with Gasteiger partial charge in [0, 0.05) is 26.2 Å². The maximum absolute atomic E-state index is 13.2. The highest BCUT2D eigenvalue weighted by atomic mass is 16.7. The Morgan fingerprint density at radius 2 is 1.42 bits per heavy atom. The number of esters is 3. The molecule has 2 aliphatic rings. The normalized spacial score (nSPS) is 22.4. The molecule has 5 rings (SSSR count). The number of benzene rings is 2. The maximum atomic E-state index is 13.2. The summed E-state index contributed by atoms with van der Waals surface area (Å²) < 4.78 is 23.5. The number of carbonyl (C=O) groups is 5. The molecule has 2 aromatic carbocycles. The number of rotatable bonds is 6. The number of para-hydroxylation sites is 1. The molecule has 3 heterocycles. The van der Waals surface area contributed by atoms with E-state index in [9.17, 15) is 24.0 Å². The van der Waals surface area contributed by atoms with Crippen LogP contribution in [0.15, 0.2) is 48.5 Å². The molecule has 38 heavy (non-hydrogen) atoms. The highest BCUT2D eigenvalue weighted by Crippen LogP contribution is 2.39. The van der Waals surface area contributed by atoms with Gasteiger partial charge in [0.2, 0.25) is 0 Å². The van der Waals surface area contributed by atoms with Crippen LogP contribution < -0.4 is 4.90 Å². The number of aromatic nitrogens is 2. The van der Waals surface area contributed by atoms with Gasteiger partial charge in [0.25, 0.3) is 11.8 Å². The van der Waals surface area contributed by atoms with Gasteiger partial charge in [-0.15, -0.1) is 0 Å². The van der Waals surface area contributed by atoms with Crippen molar-refractivity contribution in [3.05, 3.63) is 59.7 Å². The minimum Gasteiger partial charge on any atom is -0.463 e. The van der Waals surface area contributed by atoms with Crippen molar-refractivity contribution in [2.75, 3.05) is 11.5 Å². The van der Waals surface area contributed by atoms with Gasteiger partial charge >= 0.3 is 17.9 Å². The first-order valence-corrected chi connectivity index (χ1v) is 11.8. The lowest BCUT2D eigenvalue weighted by atomic mass is 10.1. The van der Waals surface area contributed by atoms with E-state index >= 15 is 0 Å². The molecule has 12 nitrogen and oxygen atoms in total. The Bertz CT molecular complexity index is 1440. The van der Waals surface area contributed by atoms with Crippen molar-refractivity contribution in [2.24, 2.45) is 0 Å². The highest BCUT2D eigenvalue weighted by Gasteiger charge is 2.52. The van der Waals surface area contributed by atoms with E-state index in [1.54, 1.807) is 48.5 Å². The fourth-order valence-corrected chi connectivity index (χ4v) is 4.70. The van der Waals surface area contributed by atoms with Crippen LogP contribution in [-0.2, 0) is 33.3 Å². The molecular formula is C26H23N3O9. The van der Waals surface area contributed by atoms with Crippen LogP contribution in [0, 0.1) is 0 Å². The molecular weight excluding hydrogens is 498 g/mol. The average molecular weight is 521 g/mol. The Morgan fingerprint density at radius 3 is 2.03 bits per heavy atom. The number of ether oxygens (including phenoxy) is 4. The van der Waals surface area contributed by atoms with E-state index in [0.717, 1.165) is 4.90 Å². The Kier molecular flexibility index (Phi) is 6.41. The lowest BCUT2D eigenvalue weighted by molar-refractivity contribution is -0.166. The smallest absolute Gasteiger partial charge is 0.303 e. The van der Waals surface area contributed by atoms with Gasteiger partial charge in [0.15, 0.2) is 24.3 Å². The predicted molar refractivity (Wildman–Crippen MR) is 129 cm³/mol. The summed E-state index contributed by atoms with van der Waals surface area (Å²) in [5.74, 6) is -2.93. The van der Waals surface area contributed by atoms with Crippen LogP contribution >= 0.6 is 0 Å². The molecule has 0 N–H and O–H groups in total. The molecule has 2 amide bonds. The summed E-state index contributed by atoms with van der Waals surface area (Å²) in [5, 5.41) is 5.03. The van der Waals surface area contributed by atoms with E-state index in [-0.39, 0.29) is 23.6 Å². The van der Waals surface area contributed by atoms with Gasteiger partial charge in [-0.25, -0.2) is 9.58 Å². The van der Waals surface area contributed by atoms with Crippen LogP contribution in [0.4, 0.5) is 5.82 Å². The zero-order valence-corrected chi connectivity index (χ0v) is 20.7. The Morgan fingerprint density at radius 1 is 0.842 bits per heavy atom. The van der Waals surface area contributed by atoms with Gasteiger partial charge in [-0.05, 0) is 24.3 Å². The second kappa shape index (κ2) is 9.71. The molecule has 196 valence electrons. The van der Waals surface area contributed by atoms with Gasteiger partial charge in [0.05, 0.1) is 16.6 Å². The Labute approximate surface area is 216 Å². The lowest BCUT2D eigenvalue weighted by Gasteiger charge is -2.23. The molecule has 1 saturated heterocycles. The van der Waals surface area contributed by atoms with E-state index in [0.29, 0.717) is 10.9 Å². The fourth-order valence-electron chi connectivity index (χ4n) is 4.70. The van der Waals surface area contributed by atoms with E-state index in [1.165, 1.54) is 25.5 Å². The third-order valence-corrected chi connectivity index (χ3v) is 6.18. The molecule has 0 radical (unpaired) electrons. The number of amides is 2. The molecule has 0 unspecified atom stereocenters. The molecule has 4 atom stereocenters. The lowest BCUT2D eigenvalue weighted by Crippen LogP contribution is -2.40. The van der Waals surface area contributed by atoms with Crippen LogP contribution in [0.3, 0.4) is 0 Å². The number of nitrogens with zero attached hydrogens (tertiary/aromatic N) is 3. The summed E-state index contributed by atoms with van der Waals surface area (Å²) in [7, 11) is 0. The van der Waals surface area contributed by atoms with Crippen LogP contribution in [0.2, 0.25) is 0 Å². The summed E-state index contributed by atoms with van der Waals surface area (Å²) in [4.78, 5) is 62.8. The van der Waals surface area contributed by atoms with Gasteiger partial charge < -0.3 is 18.9 Å². The summed E-state index contributed by atoms with van der Waals surface area (Å²) in [6, 6.07) is 13.3. The van der Waals surface area contributed by atoms with Gasteiger partial charge in [-0.2, -0.15) is 5.10 Å². The monoisotopic (exact) mass is 521 g/mol. The summed E-state index contributed by atoms with van der Waals surface area (Å²) in [6.07, 6.45) is -4.47. The van der Waals surface area contributed by atoms with Gasteiger partial charge in [0.1, 0.15) is 12.7 Å². The van der Waals surface area contributed by atoms with Crippen molar-refractivity contribution < 1.29 is 42.9 Å². The van der Waals surface area contributed by atoms with Crippen LogP contribution in [-0.4, -0.2) is 64.4 Å².